The van der Waals surface area contributed by atoms with Crippen molar-refractivity contribution < 1.29 is 9.59 Å². The lowest BCUT2D eigenvalue weighted by Gasteiger charge is -2.43. The minimum Gasteiger partial charge on any atom is -0.361 e. The van der Waals surface area contributed by atoms with Gasteiger partial charge in [0.15, 0.2) is 0 Å². The van der Waals surface area contributed by atoms with Crippen LogP contribution in [0.4, 0.5) is 0 Å². The number of amides is 2. The average Bonchev–Trinajstić information content (AvgIpc) is 3.53. The summed E-state index contributed by atoms with van der Waals surface area (Å²) in [5.74, 6) is 0.406. The van der Waals surface area contributed by atoms with Gasteiger partial charge in [-0.1, -0.05) is 37.5 Å². The molecule has 0 bridgehead atoms. The summed E-state index contributed by atoms with van der Waals surface area (Å²) in [5, 5.41) is 11.1. The molecule has 0 radical (unpaired) electrons. The minimum atomic E-state index is -0.455. The molecule has 1 aromatic heterocycles. The molecule has 7 nitrogen and oxygen atoms in total. The molecule has 2 aromatic rings. The molecular formula is C27H39N5O2. The zero-order valence-electron chi connectivity index (χ0n) is 20.7. The van der Waals surface area contributed by atoms with E-state index in [1.54, 1.807) is 7.05 Å². The van der Waals surface area contributed by atoms with Crippen LogP contribution >= 0.6 is 0 Å². The van der Waals surface area contributed by atoms with Crippen LogP contribution in [0.5, 0.6) is 0 Å². The van der Waals surface area contributed by atoms with Gasteiger partial charge in [-0.05, 0) is 57.7 Å². The number of carbonyl (C=O) groups excluding carboxylic acids is 2. The highest BCUT2D eigenvalue weighted by atomic mass is 16.2. The maximum absolute atomic E-state index is 14.3. The van der Waals surface area contributed by atoms with Gasteiger partial charge in [0.1, 0.15) is 6.04 Å². The Kier molecular flexibility index (Phi) is 6.42. The molecule has 3 fully saturated rings. The monoisotopic (exact) mass is 465 g/mol. The normalized spacial score (nSPS) is 29.2. The summed E-state index contributed by atoms with van der Waals surface area (Å²) >= 11 is 0. The quantitative estimate of drug-likeness (QED) is 0.528. The third-order valence-electron chi connectivity index (χ3n) is 8.98. The fraction of sp³-hybridized carbons (Fsp3) is 0.630. The number of aromatic nitrogens is 1. The topological polar surface area (TPSA) is 89.3 Å². The fourth-order valence-electron chi connectivity index (χ4n) is 6.77. The number of hydrogen-bond acceptors (Lipinski definition) is 4. The Labute approximate surface area is 202 Å². The first-order valence-corrected chi connectivity index (χ1v) is 13.0. The van der Waals surface area contributed by atoms with E-state index < -0.39 is 6.04 Å². The molecule has 2 amide bonds. The smallest absolute Gasteiger partial charge is 0.245 e. The summed E-state index contributed by atoms with van der Waals surface area (Å²) < 4.78 is 0. The number of aromatic amines is 1. The predicted molar refractivity (Wildman–Crippen MR) is 135 cm³/mol. The van der Waals surface area contributed by atoms with E-state index in [1.165, 1.54) is 17.4 Å². The van der Waals surface area contributed by atoms with E-state index in [0.717, 1.165) is 50.7 Å². The van der Waals surface area contributed by atoms with Gasteiger partial charge < -0.3 is 25.8 Å². The van der Waals surface area contributed by atoms with Crippen LogP contribution in [-0.4, -0.2) is 65.5 Å². The Balaban J connectivity index is 1.46. The molecule has 1 aromatic carbocycles. The van der Waals surface area contributed by atoms with Gasteiger partial charge in [0.25, 0.3) is 0 Å². The van der Waals surface area contributed by atoms with Crippen LogP contribution in [0, 0.1) is 5.92 Å². The van der Waals surface area contributed by atoms with Crippen molar-refractivity contribution in [3.8, 4) is 0 Å². The van der Waals surface area contributed by atoms with Gasteiger partial charge in [0, 0.05) is 42.1 Å². The van der Waals surface area contributed by atoms with Crippen LogP contribution in [0.1, 0.15) is 63.9 Å². The minimum absolute atomic E-state index is 0.0925. The lowest BCUT2D eigenvalue weighted by molar-refractivity contribution is -0.142. The van der Waals surface area contributed by atoms with E-state index in [1.807, 2.05) is 6.92 Å². The molecule has 3 heterocycles. The van der Waals surface area contributed by atoms with Gasteiger partial charge in [-0.15, -0.1) is 0 Å². The number of carbonyl (C=O) groups is 2. The Morgan fingerprint density at radius 3 is 2.68 bits per heavy atom. The highest BCUT2D eigenvalue weighted by Crippen LogP contribution is 2.47. The van der Waals surface area contributed by atoms with E-state index >= 15 is 0 Å². The average molecular weight is 466 g/mol. The van der Waals surface area contributed by atoms with E-state index in [-0.39, 0.29) is 41.3 Å². The molecule has 2 aliphatic heterocycles. The predicted octanol–water partition coefficient (Wildman–Crippen LogP) is 2.89. The number of rotatable bonds is 6. The lowest BCUT2D eigenvalue weighted by Crippen LogP contribution is -2.61. The van der Waals surface area contributed by atoms with Gasteiger partial charge in [-0.25, -0.2) is 0 Å². The number of para-hydroxylation sites is 1. The number of H-pyrrole nitrogens is 1. The molecule has 5 rings (SSSR count). The summed E-state index contributed by atoms with van der Waals surface area (Å²) in [4.78, 5) is 32.7. The van der Waals surface area contributed by atoms with Crippen molar-refractivity contribution in [2.75, 3.05) is 20.1 Å². The molecule has 4 N–H and O–H groups in total. The van der Waals surface area contributed by atoms with Crippen LogP contribution < -0.4 is 16.0 Å². The number of likely N-dealkylation sites (N-methyl/N-ethyl adjacent to an activating group) is 1. The molecule has 1 aliphatic carbocycles. The summed E-state index contributed by atoms with van der Waals surface area (Å²) in [6, 6.07) is 7.89. The summed E-state index contributed by atoms with van der Waals surface area (Å²) in [6.07, 6.45) is 8.55. The summed E-state index contributed by atoms with van der Waals surface area (Å²) in [5.41, 5.74) is 2.08. The Bertz CT molecular complexity index is 1040. The number of benzene rings is 1. The first-order valence-electron chi connectivity index (χ1n) is 13.0. The van der Waals surface area contributed by atoms with Crippen LogP contribution in [0.25, 0.3) is 10.9 Å². The number of nitrogens with zero attached hydrogens (tertiary/aromatic N) is 1. The molecule has 1 saturated carbocycles. The molecule has 34 heavy (non-hydrogen) atoms. The Morgan fingerprint density at radius 1 is 1.15 bits per heavy atom. The second-order valence-corrected chi connectivity index (χ2v) is 10.7. The molecule has 5 atom stereocenters. The molecule has 0 spiro atoms. The number of fused-ring (bicyclic) bond motifs is 2. The second-order valence-electron chi connectivity index (χ2n) is 10.7. The fourth-order valence-corrected chi connectivity index (χ4v) is 6.77. The van der Waals surface area contributed by atoms with Gasteiger partial charge in [0.2, 0.25) is 11.8 Å². The number of likely N-dealkylation sites (tertiary alicyclic amines) is 1. The first-order chi connectivity index (χ1) is 16.4. The third kappa shape index (κ3) is 3.83. The number of nitrogens with one attached hydrogen (secondary N) is 4. The highest BCUT2D eigenvalue weighted by molar-refractivity contribution is 5.91. The molecule has 2 saturated heterocycles. The standard InChI is InChI=1S/C27H39N5O2/c1-17(28-3)25(33)31-24(18-9-5-4-6-10-18)26(34)32-14-13-23-27(32,2)21(16-30-23)20-15-29-22-12-8-7-11-19(20)22/h7-8,11-12,15,17-18,21,23-24,28-30H,4-6,9-10,13-14,16H2,1-3H3,(H,31,33)/t17-,21-,23+,24-,27+/m0/s1. The maximum atomic E-state index is 14.3. The van der Waals surface area contributed by atoms with Gasteiger partial charge in [-0.3, -0.25) is 9.59 Å². The van der Waals surface area contributed by atoms with Crippen molar-refractivity contribution in [1.29, 1.82) is 0 Å². The van der Waals surface area contributed by atoms with Crippen LogP contribution in [-0.2, 0) is 9.59 Å². The lowest BCUT2D eigenvalue weighted by atomic mass is 9.78. The molecule has 7 heteroatoms. The van der Waals surface area contributed by atoms with Crippen molar-refractivity contribution in [2.45, 2.75) is 82.0 Å². The number of hydrogen-bond donors (Lipinski definition) is 4. The van der Waals surface area contributed by atoms with Crippen molar-refractivity contribution in [2.24, 2.45) is 5.92 Å². The zero-order valence-corrected chi connectivity index (χ0v) is 20.7. The van der Waals surface area contributed by atoms with Crippen molar-refractivity contribution in [3.63, 3.8) is 0 Å². The Morgan fingerprint density at radius 2 is 1.91 bits per heavy atom. The zero-order chi connectivity index (χ0) is 23.9. The second kappa shape index (κ2) is 9.34. The van der Waals surface area contributed by atoms with E-state index in [9.17, 15) is 9.59 Å². The third-order valence-corrected chi connectivity index (χ3v) is 8.98. The van der Waals surface area contributed by atoms with Gasteiger partial charge in [0.05, 0.1) is 11.6 Å². The molecule has 184 valence electrons. The molecule has 3 aliphatic rings. The molecule has 0 unspecified atom stereocenters. The van der Waals surface area contributed by atoms with Crippen molar-refractivity contribution in [3.05, 3.63) is 36.0 Å². The van der Waals surface area contributed by atoms with Crippen molar-refractivity contribution in [1.82, 2.24) is 25.8 Å². The molecular weight excluding hydrogens is 426 g/mol. The largest absolute Gasteiger partial charge is 0.361 e. The van der Waals surface area contributed by atoms with Crippen LogP contribution in [0.3, 0.4) is 0 Å². The Hall–Kier alpha value is -2.38. The highest BCUT2D eigenvalue weighted by Gasteiger charge is 2.57. The van der Waals surface area contributed by atoms with Gasteiger partial charge >= 0.3 is 0 Å². The summed E-state index contributed by atoms with van der Waals surface area (Å²) in [7, 11) is 1.78. The first kappa shape index (κ1) is 23.4. The van der Waals surface area contributed by atoms with Gasteiger partial charge in [-0.2, -0.15) is 0 Å². The maximum Gasteiger partial charge on any atom is 0.245 e. The SMILES string of the molecule is CN[C@@H](C)C(=O)N[C@H](C(=O)N1CC[C@H]2NC[C@@H](c3c[nH]c4ccccc34)[C@]21C)C1CCCCC1. The van der Waals surface area contributed by atoms with Crippen LogP contribution in [0.2, 0.25) is 0 Å². The van der Waals surface area contributed by atoms with Crippen LogP contribution in [0.15, 0.2) is 30.5 Å². The summed E-state index contributed by atoms with van der Waals surface area (Å²) in [6.45, 7) is 5.68. The van der Waals surface area contributed by atoms with Crippen molar-refractivity contribution >= 4 is 22.7 Å². The van der Waals surface area contributed by atoms with E-state index in [0.29, 0.717) is 0 Å². The van der Waals surface area contributed by atoms with E-state index in [4.69, 9.17) is 0 Å². The van der Waals surface area contributed by atoms with E-state index in [2.05, 4.69) is 63.2 Å².